The lowest BCUT2D eigenvalue weighted by molar-refractivity contribution is 0.0486. The van der Waals surface area contributed by atoms with Crippen molar-refractivity contribution in [3.8, 4) is 5.75 Å². The smallest absolute Gasteiger partial charge is 0.374 e. The van der Waals surface area contributed by atoms with E-state index in [2.05, 4.69) is 0 Å². The minimum atomic E-state index is -0.542. The van der Waals surface area contributed by atoms with Crippen molar-refractivity contribution in [2.24, 2.45) is 0 Å². The zero-order valence-corrected chi connectivity index (χ0v) is 13.1. The van der Waals surface area contributed by atoms with Crippen molar-refractivity contribution >= 4 is 35.5 Å². The predicted molar refractivity (Wildman–Crippen MR) is 80.8 cm³/mol. The average Bonchev–Trinajstić information content (AvgIpc) is 2.95. The quantitative estimate of drug-likeness (QED) is 0.582. The van der Waals surface area contributed by atoms with E-state index in [9.17, 15) is 9.59 Å². The summed E-state index contributed by atoms with van der Waals surface area (Å²) in [6.45, 7) is 2.00. The van der Waals surface area contributed by atoms with Gasteiger partial charge in [0.1, 0.15) is 18.7 Å². The topological polar surface area (TPSA) is 65.7 Å². The van der Waals surface area contributed by atoms with Crippen molar-refractivity contribution in [1.82, 2.24) is 0 Å². The number of hydrogen-bond donors (Lipinski definition) is 0. The molecular formula is C15H12Cl2O5. The molecule has 0 atom stereocenters. The Bertz CT molecular complexity index is 670. The summed E-state index contributed by atoms with van der Waals surface area (Å²) in [4.78, 5) is 22.2. The predicted octanol–water partition coefficient (Wildman–Crippen LogP) is 4.15. The number of esters is 1. The highest BCUT2D eigenvalue weighted by Crippen LogP contribution is 2.34. The Labute approximate surface area is 136 Å². The lowest BCUT2D eigenvalue weighted by Crippen LogP contribution is -2.02. The molecule has 116 valence electrons. The molecule has 2 aromatic rings. The molecule has 0 bridgehead atoms. The summed E-state index contributed by atoms with van der Waals surface area (Å²) in [7, 11) is 0. The molecule has 0 unspecified atom stereocenters. The van der Waals surface area contributed by atoms with E-state index in [4.69, 9.17) is 37.1 Å². The molecule has 1 aromatic carbocycles. The van der Waals surface area contributed by atoms with Crippen LogP contribution in [0.3, 0.4) is 0 Å². The van der Waals surface area contributed by atoms with Gasteiger partial charge >= 0.3 is 5.97 Å². The summed E-state index contributed by atoms with van der Waals surface area (Å²) < 4.78 is 15.6. The molecule has 1 aromatic heterocycles. The fraction of sp³-hybridized carbons (Fsp3) is 0.200. The van der Waals surface area contributed by atoms with Crippen LogP contribution in [-0.2, 0) is 11.3 Å². The van der Waals surface area contributed by atoms with Crippen molar-refractivity contribution in [1.29, 1.82) is 0 Å². The van der Waals surface area contributed by atoms with Crippen LogP contribution in [-0.4, -0.2) is 18.9 Å². The number of furan rings is 1. The number of hydrogen-bond acceptors (Lipinski definition) is 5. The second-order valence-corrected chi connectivity index (χ2v) is 5.02. The van der Waals surface area contributed by atoms with Crippen LogP contribution in [0, 0.1) is 0 Å². The van der Waals surface area contributed by atoms with E-state index in [1.807, 2.05) is 0 Å². The zero-order chi connectivity index (χ0) is 16.1. The van der Waals surface area contributed by atoms with Gasteiger partial charge in [-0.05, 0) is 31.2 Å². The molecule has 2 rings (SSSR count). The number of ether oxygens (including phenoxy) is 2. The van der Waals surface area contributed by atoms with Gasteiger partial charge in [0.25, 0.3) is 0 Å². The SMILES string of the molecule is CCOC(=O)c1ccc(COc2c(Cl)cc(C=O)cc2Cl)o1. The third-order valence-electron chi connectivity index (χ3n) is 2.65. The maximum Gasteiger partial charge on any atom is 0.374 e. The molecule has 7 heteroatoms. The number of carbonyl (C=O) groups excluding carboxylic acids is 2. The van der Waals surface area contributed by atoms with Gasteiger partial charge in [0, 0.05) is 5.56 Å². The van der Waals surface area contributed by atoms with Gasteiger partial charge in [-0.1, -0.05) is 23.2 Å². The summed E-state index contributed by atoms with van der Waals surface area (Å²) in [5, 5.41) is 0.429. The van der Waals surface area contributed by atoms with E-state index < -0.39 is 5.97 Å². The van der Waals surface area contributed by atoms with Crippen molar-refractivity contribution < 1.29 is 23.5 Å². The molecule has 1 heterocycles. The Morgan fingerprint density at radius 1 is 1.27 bits per heavy atom. The number of carbonyl (C=O) groups is 2. The van der Waals surface area contributed by atoms with Gasteiger partial charge in [0.2, 0.25) is 5.76 Å². The summed E-state index contributed by atoms with van der Waals surface area (Å²) in [5.41, 5.74) is 0.352. The van der Waals surface area contributed by atoms with Crippen LogP contribution in [0.4, 0.5) is 0 Å². The van der Waals surface area contributed by atoms with E-state index in [-0.39, 0.29) is 34.8 Å². The van der Waals surface area contributed by atoms with E-state index in [0.29, 0.717) is 17.6 Å². The molecule has 0 aliphatic rings. The second kappa shape index (κ2) is 7.33. The van der Waals surface area contributed by atoms with Crippen LogP contribution in [0.15, 0.2) is 28.7 Å². The average molecular weight is 343 g/mol. The van der Waals surface area contributed by atoms with E-state index in [1.54, 1.807) is 13.0 Å². The van der Waals surface area contributed by atoms with Gasteiger partial charge in [-0.2, -0.15) is 0 Å². The Morgan fingerprint density at radius 2 is 1.95 bits per heavy atom. The first kappa shape index (κ1) is 16.4. The molecule has 0 fully saturated rings. The normalized spacial score (nSPS) is 10.3. The highest BCUT2D eigenvalue weighted by Gasteiger charge is 2.14. The molecule has 22 heavy (non-hydrogen) atoms. The summed E-state index contributed by atoms with van der Waals surface area (Å²) in [6, 6.07) is 5.98. The Morgan fingerprint density at radius 3 is 2.55 bits per heavy atom. The van der Waals surface area contributed by atoms with Gasteiger partial charge in [-0.15, -0.1) is 0 Å². The van der Waals surface area contributed by atoms with Crippen LogP contribution < -0.4 is 4.74 Å². The van der Waals surface area contributed by atoms with Gasteiger partial charge in [0.05, 0.1) is 16.7 Å². The fourth-order valence-corrected chi connectivity index (χ4v) is 2.31. The monoisotopic (exact) mass is 342 g/mol. The number of aldehydes is 1. The highest BCUT2D eigenvalue weighted by atomic mass is 35.5. The van der Waals surface area contributed by atoms with Crippen molar-refractivity contribution in [2.45, 2.75) is 13.5 Å². The molecule has 0 aliphatic heterocycles. The van der Waals surface area contributed by atoms with E-state index in [0.717, 1.165) is 0 Å². The number of halogens is 2. The second-order valence-electron chi connectivity index (χ2n) is 4.21. The van der Waals surface area contributed by atoms with Crippen LogP contribution in [0.1, 0.15) is 33.6 Å². The first-order chi connectivity index (χ1) is 10.5. The third kappa shape index (κ3) is 3.81. The number of benzene rings is 1. The summed E-state index contributed by atoms with van der Waals surface area (Å²) in [5.74, 6) is 0.201. The molecule has 0 N–H and O–H groups in total. The first-order valence-corrected chi connectivity index (χ1v) is 7.13. The maximum absolute atomic E-state index is 11.5. The zero-order valence-electron chi connectivity index (χ0n) is 11.6. The van der Waals surface area contributed by atoms with Crippen LogP contribution in [0.25, 0.3) is 0 Å². The van der Waals surface area contributed by atoms with Gasteiger partial charge < -0.3 is 13.9 Å². The van der Waals surface area contributed by atoms with Crippen molar-refractivity contribution in [3.63, 3.8) is 0 Å². The molecule has 0 amide bonds. The third-order valence-corrected chi connectivity index (χ3v) is 3.22. The lowest BCUT2D eigenvalue weighted by Gasteiger charge is -2.09. The highest BCUT2D eigenvalue weighted by molar-refractivity contribution is 6.37. The fourth-order valence-electron chi connectivity index (χ4n) is 1.70. The van der Waals surface area contributed by atoms with Crippen molar-refractivity contribution in [3.05, 3.63) is 51.4 Å². The molecular weight excluding hydrogens is 331 g/mol. The molecule has 0 aliphatic carbocycles. The number of rotatable bonds is 6. The Balaban J connectivity index is 2.08. The summed E-state index contributed by atoms with van der Waals surface area (Å²) in [6.07, 6.45) is 0.639. The van der Waals surface area contributed by atoms with Crippen molar-refractivity contribution in [2.75, 3.05) is 6.61 Å². The Hall–Kier alpha value is -1.98. The lowest BCUT2D eigenvalue weighted by atomic mass is 10.2. The van der Waals surface area contributed by atoms with Gasteiger partial charge in [-0.25, -0.2) is 4.79 Å². The van der Waals surface area contributed by atoms with E-state index >= 15 is 0 Å². The largest absolute Gasteiger partial charge is 0.483 e. The molecule has 5 nitrogen and oxygen atoms in total. The van der Waals surface area contributed by atoms with Gasteiger partial charge in [0.15, 0.2) is 5.75 Å². The first-order valence-electron chi connectivity index (χ1n) is 6.38. The molecule has 0 radical (unpaired) electrons. The molecule has 0 saturated carbocycles. The minimum absolute atomic E-state index is 0.0271. The maximum atomic E-state index is 11.5. The minimum Gasteiger partial charge on any atom is -0.483 e. The standard InChI is InChI=1S/C15H12Cl2O5/c1-2-20-15(19)13-4-3-10(22-13)8-21-14-11(16)5-9(7-18)6-12(14)17/h3-7H,2,8H2,1H3. The van der Waals surface area contributed by atoms with Crippen LogP contribution >= 0.6 is 23.2 Å². The van der Waals surface area contributed by atoms with Gasteiger partial charge in [-0.3, -0.25) is 4.79 Å². The Kier molecular flexibility index (Phi) is 5.46. The van der Waals surface area contributed by atoms with Crippen LogP contribution in [0.2, 0.25) is 10.0 Å². The van der Waals surface area contributed by atoms with E-state index in [1.165, 1.54) is 18.2 Å². The summed E-state index contributed by atoms with van der Waals surface area (Å²) >= 11 is 12.0. The molecule has 0 saturated heterocycles. The van der Waals surface area contributed by atoms with Crippen LogP contribution in [0.5, 0.6) is 5.75 Å². The molecule has 0 spiro atoms.